The predicted octanol–water partition coefficient (Wildman–Crippen LogP) is 2.50. The number of nitrogens with one attached hydrogen (secondary N) is 2. The van der Waals surface area contributed by atoms with Gasteiger partial charge in [-0.15, -0.1) is 23.7 Å². The Labute approximate surface area is 120 Å². The molecule has 0 unspecified atom stereocenters. The fourth-order valence-electron chi connectivity index (χ4n) is 1.30. The van der Waals surface area contributed by atoms with Gasteiger partial charge < -0.3 is 15.4 Å². The average molecular weight is 315 g/mol. The minimum Gasteiger partial charge on any atom is -0.433 e. The van der Waals surface area contributed by atoms with E-state index in [0.29, 0.717) is 13.1 Å². The van der Waals surface area contributed by atoms with E-state index >= 15 is 0 Å². The molecule has 1 amide bonds. The Morgan fingerprint density at radius 3 is 2.79 bits per heavy atom. The van der Waals surface area contributed by atoms with Gasteiger partial charge in [0, 0.05) is 13.1 Å². The number of carbonyl (C=O) groups is 1. The molecule has 0 saturated heterocycles. The highest BCUT2D eigenvalue weighted by Gasteiger charge is 2.16. The van der Waals surface area contributed by atoms with E-state index in [1.165, 1.54) is 6.07 Å². The average Bonchev–Trinajstić information content (AvgIpc) is 2.76. The molecule has 19 heavy (non-hydrogen) atoms. The highest BCUT2D eigenvalue weighted by molar-refractivity contribution is 7.12. The van der Waals surface area contributed by atoms with E-state index in [0.717, 1.165) is 24.3 Å². The lowest BCUT2D eigenvalue weighted by Gasteiger charge is -2.07. The Morgan fingerprint density at radius 1 is 1.42 bits per heavy atom. The maximum Gasteiger partial charge on any atom is 0.387 e. The number of amides is 1. The SMILES string of the molecule is CCCNCCNC(=O)c1sccc1OC(F)F.Cl. The van der Waals surface area contributed by atoms with Crippen molar-refractivity contribution in [2.24, 2.45) is 0 Å². The number of alkyl halides is 2. The van der Waals surface area contributed by atoms with E-state index in [4.69, 9.17) is 0 Å². The van der Waals surface area contributed by atoms with Crippen molar-refractivity contribution >= 4 is 29.7 Å². The quantitative estimate of drug-likeness (QED) is 0.725. The van der Waals surface area contributed by atoms with Crippen molar-refractivity contribution in [1.29, 1.82) is 0 Å². The number of rotatable bonds is 8. The molecule has 2 N–H and O–H groups in total. The zero-order valence-electron chi connectivity index (χ0n) is 10.4. The Balaban J connectivity index is 0.00000324. The molecule has 0 bridgehead atoms. The topological polar surface area (TPSA) is 50.4 Å². The van der Waals surface area contributed by atoms with Crippen LogP contribution in [0.25, 0.3) is 0 Å². The van der Waals surface area contributed by atoms with Crippen LogP contribution in [0.3, 0.4) is 0 Å². The molecule has 4 nitrogen and oxygen atoms in total. The minimum atomic E-state index is -2.92. The van der Waals surface area contributed by atoms with Gasteiger partial charge >= 0.3 is 6.61 Å². The standard InChI is InChI=1S/C11H16F2N2O2S.ClH/c1-2-4-14-5-6-15-10(16)9-8(3-7-18-9)17-11(12)13;/h3,7,11,14H,2,4-6H2,1H3,(H,15,16);1H. The van der Waals surface area contributed by atoms with E-state index in [9.17, 15) is 13.6 Å². The van der Waals surface area contributed by atoms with Gasteiger partial charge in [-0.2, -0.15) is 8.78 Å². The van der Waals surface area contributed by atoms with Crippen LogP contribution in [0.15, 0.2) is 11.4 Å². The summed E-state index contributed by atoms with van der Waals surface area (Å²) in [5, 5.41) is 7.31. The van der Waals surface area contributed by atoms with Crippen molar-refractivity contribution in [3.05, 3.63) is 16.3 Å². The fourth-order valence-corrected chi connectivity index (χ4v) is 2.04. The van der Waals surface area contributed by atoms with Crippen LogP contribution in [-0.4, -0.2) is 32.2 Å². The second-order valence-corrected chi connectivity index (χ2v) is 4.41. The normalized spacial score (nSPS) is 10.1. The second-order valence-electron chi connectivity index (χ2n) is 3.50. The molecule has 8 heteroatoms. The van der Waals surface area contributed by atoms with Gasteiger partial charge in [-0.3, -0.25) is 4.79 Å². The molecule has 0 aliphatic carbocycles. The van der Waals surface area contributed by atoms with Gasteiger partial charge in [-0.25, -0.2) is 0 Å². The summed E-state index contributed by atoms with van der Waals surface area (Å²) in [6, 6.07) is 1.36. The second kappa shape index (κ2) is 9.94. The van der Waals surface area contributed by atoms with Crippen molar-refractivity contribution in [3.8, 4) is 5.75 Å². The molecule has 1 aromatic heterocycles. The number of hydrogen-bond donors (Lipinski definition) is 2. The molecular weight excluding hydrogens is 298 g/mol. The number of halogens is 3. The van der Waals surface area contributed by atoms with Crippen LogP contribution in [-0.2, 0) is 0 Å². The third kappa shape index (κ3) is 6.70. The molecule has 1 heterocycles. The minimum absolute atomic E-state index is 0. The van der Waals surface area contributed by atoms with Gasteiger partial charge in [0.2, 0.25) is 0 Å². The summed E-state index contributed by atoms with van der Waals surface area (Å²) in [6.45, 7) is 1.11. The highest BCUT2D eigenvalue weighted by Crippen LogP contribution is 2.26. The van der Waals surface area contributed by atoms with E-state index in [2.05, 4.69) is 15.4 Å². The third-order valence-electron chi connectivity index (χ3n) is 2.07. The van der Waals surface area contributed by atoms with Crippen LogP contribution in [0.2, 0.25) is 0 Å². The van der Waals surface area contributed by atoms with Gasteiger partial charge in [0.15, 0.2) is 0 Å². The lowest BCUT2D eigenvalue weighted by atomic mass is 10.4. The molecule has 1 rings (SSSR count). The largest absolute Gasteiger partial charge is 0.433 e. The maximum absolute atomic E-state index is 12.1. The van der Waals surface area contributed by atoms with Crippen molar-refractivity contribution in [1.82, 2.24) is 10.6 Å². The van der Waals surface area contributed by atoms with Gasteiger partial charge in [0.1, 0.15) is 10.6 Å². The summed E-state index contributed by atoms with van der Waals surface area (Å²) >= 11 is 1.08. The Bertz CT molecular complexity index is 377. The molecule has 0 aliphatic heterocycles. The van der Waals surface area contributed by atoms with Crippen LogP contribution < -0.4 is 15.4 Å². The van der Waals surface area contributed by atoms with Gasteiger partial charge in [0.05, 0.1) is 0 Å². The Kier molecular flexibility index (Phi) is 9.46. The zero-order valence-corrected chi connectivity index (χ0v) is 12.1. The summed E-state index contributed by atoms with van der Waals surface area (Å²) in [5.74, 6) is -0.465. The molecule has 0 spiro atoms. The van der Waals surface area contributed by atoms with Crippen molar-refractivity contribution in [3.63, 3.8) is 0 Å². The predicted molar refractivity (Wildman–Crippen MR) is 73.7 cm³/mol. The third-order valence-corrected chi connectivity index (χ3v) is 2.96. The summed E-state index contributed by atoms with van der Waals surface area (Å²) in [7, 11) is 0. The van der Waals surface area contributed by atoms with Crippen LogP contribution in [0, 0.1) is 0 Å². The Hall–Kier alpha value is -0.920. The summed E-state index contributed by atoms with van der Waals surface area (Å²) in [5.41, 5.74) is 0. The van der Waals surface area contributed by atoms with E-state index in [1.54, 1.807) is 5.38 Å². The molecule has 0 fully saturated rings. The molecule has 110 valence electrons. The smallest absolute Gasteiger partial charge is 0.387 e. The lowest BCUT2D eigenvalue weighted by Crippen LogP contribution is -2.31. The maximum atomic E-state index is 12.1. The fraction of sp³-hybridized carbons (Fsp3) is 0.545. The molecule has 0 radical (unpaired) electrons. The lowest BCUT2D eigenvalue weighted by molar-refractivity contribution is -0.0498. The Morgan fingerprint density at radius 2 is 2.16 bits per heavy atom. The molecule has 0 atom stereocenters. The summed E-state index contributed by atoms with van der Waals surface area (Å²) < 4.78 is 28.4. The highest BCUT2D eigenvalue weighted by atomic mass is 35.5. The number of carbonyl (C=O) groups excluding carboxylic acids is 1. The summed E-state index contributed by atoms with van der Waals surface area (Å²) in [4.78, 5) is 11.9. The molecule has 0 saturated carbocycles. The van der Waals surface area contributed by atoms with Crippen LogP contribution in [0.5, 0.6) is 5.75 Å². The number of thiophene rings is 1. The molecule has 0 aromatic carbocycles. The van der Waals surface area contributed by atoms with Crippen molar-refractivity contribution < 1.29 is 18.3 Å². The first-order valence-electron chi connectivity index (χ1n) is 5.66. The molecular formula is C11H17ClF2N2O2S. The van der Waals surface area contributed by atoms with E-state index in [-0.39, 0.29) is 28.9 Å². The first kappa shape index (κ1) is 18.1. The van der Waals surface area contributed by atoms with Crippen LogP contribution >= 0.6 is 23.7 Å². The van der Waals surface area contributed by atoms with Crippen LogP contribution in [0.4, 0.5) is 8.78 Å². The van der Waals surface area contributed by atoms with Crippen molar-refractivity contribution in [2.75, 3.05) is 19.6 Å². The first-order chi connectivity index (χ1) is 8.65. The zero-order chi connectivity index (χ0) is 13.4. The van der Waals surface area contributed by atoms with E-state index < -0.39 is 6.61 Å². The van der Waals surface area contributed by atoms with Gasteiger partial charge in [-0.1, -0.05) is 6.92 Å². The van der Waals surface area contributed by atoms with Gasteiger partial charge in [0.25, 0.3) is 5.91 Å². The molecule has 0 aliphatic rings. The number of hydrogen-bond acceptors (Lipinski definition) is 4. The van der Waals surface area contributed by atoms with Gasteiger partial charge in [-0.05, 0) is 24.4 Å². The van der Waals surface area contributed by atoms with E-state index in [1.807, 2.05) is 6.92 Å². The number of ether oxygens (including phenoxy) is 1. The van der Waals surface area contributed by atoms with Crippen LogP contribution in [0.1, 0.15) is 23.0 Å². The molecule has 1 aromatic rings. The summed E-state index contributed by atoms with van der Waals surface area (Å²) in [6.07, 6.45) is 1.02. The van der Waals surface area contributed by atoms with Crippen molar-refractivity contribution in [2.45, 2.75) is 20.0 Å². The first-order valence-corrected chi connectivity index (χ1v) is 6.54. The monoisotopic (exact) mass is 314 g/mol.